The number of ether oxygens (including phenoxy) is 1. The van der Waals surface area contributed by atoms with Gasteiger partial charge in [0.15, 0.2) is 0 Å². The number of carbonyl (C=O) groups excluding carboxylic acids is 3. The van der Waals surface area contributed by atoms with Gasteiger partial charge in [-0.25, -0.2) is 0 Å². The van der Waals surface area contributed by atoms with Crippen LogP contribution < -0.4 is 0 Å². The second-order valence-electron chi connectivity index (χ2n) is 10.0. The molecule has 196 valence electrons. The molecule has 3 aliphatic heterocycles. The third-order valence-electron chi connectivity index (χ3n) is 7.82. The number of thioether (sulfide) groups is 1. The lowest BCUT2D eigenvalue weighted by Crippen LogP contribution is -2.57. The molecule has 3 heterocycles. The van der Waals surface area contributed by atoms with Gasteiger partial charge in [0.1, 0.15) is 6.04 Å². The lowest BCUT2D eigenvalue weighted by Gasteiger charge is -2.40. The smallest absolute Gasteiger partial charge is 0.310 e. The number of amides is 2. The quantitative estimate of drug-likeness (QED) is 0.208. The van der Waals surface area contributed by atoms with Crippen molar-refractivity contribution in [2.24, 2.45) is 17.8 Å². The SMILES string of the molecule is C=CCCOC(=O)[C@@H]1[C@H]2C(=O)N(CCCCCO)C(C(=O)N(CC=C)CCCC)C23S[C@@H]1CC3C. The number of unbranched alkanes of at least 4 members (excludes halogenated alkanes) is 3. The Hall–Kier alpha value is -1.80. The van der Waals surface area contributed by atoms with Gasteiger partial charge in [0.2, 0.25) is 11.8 Å². The van der Waals surface area contributed by atoms with E-state index < -0.39 is 22.6 Å². The summed E-state index contributed by atoms with van der Waals surface area (Å²) in [5.74, 6) is -1.36. The van der Waals surface area contributed by atoms with E-state index in [0.29, 0.717) is 38.9 Å². The van der Waals surface area contributed by atoms with Crippen molar-refractivity contribution >= 4 is 29.5 Å². The van der Waals surface area contributed by atoms with Gasteiger partial charge in [-0.05, 0) is 44.4 Å². The normalized spacial score (nSPS) is 30.9. The summed E-state index contributed by atoms with van der Waals surface area (Å²) in [6, 6.07) is -0.595. The van der Waals surface area contributed by atoms with E-state index in [1.54, 1.807) is 28.8 Å². The van der Waals surface area contributed by atoms with Crippen LogP contribution in [0.4, 0.5) is 0 Å². The molecule has 0 aromatic heterocycles. The summed E-state index contributed by atoms with van der Waals surface area (Å²) >= 11 is 1.68. The third kappa shape index (κ3) is 5.19. The highest BCUT2D eigenvalue weighted by Crippen LogP contribution is 2.68. The number of likely N-dealkylation sites (tertiary alicyclic amines) is 1. The molecule has 0 aromatic carbocycles. The van der Waals surface area contributed by atoms with Gasteiger partial charge in [0, 0.05) is 31.5 Å². The van der Waals surface area contributed by atoms with Crippen LogP contribution in [0.15, 0.2) is 25.3 Å². The Balaban J connectivity index is 1.96. The summed E-state index contributed by atoms with van der Waals surface area (Å²) in [5, 5.41) is 9.18. The summed E-state index contributed by atoms with van der Waals surface area (Å²) in [6.45, 7) is 13.7. The standard InChI is InChI=1S/C27H42N2O5S/c1-5-8-14-28(13-7-3)25(32)23-27-19(4)18-20(35-27)21(26(33)34-17-9-6-2)22(27)24(31)29(23)15-11-10-12-16-30/h6-7,19-23,30H,2-3,5,8-18H2,1,4H3/t19?,20-,21+,22+,23?,27?/m1/s1. The number of nitrogens with zero attached hydrogens (tertiary/aromatic N) is 2. The molecular formula is C27H42N2O5S. The van der Waals surface area contributed by atoms with Gasteiger partial charge in [0.05, 0.1) is 23.2 Å². The lowest BCUT2D eigenvalue weighted by molar-refractivity contribution is -0.154. The fourth-order valence-corrected chi connectivity index (χ4v) is 8.59. The van der Waals surface area contributed by atoms with E-state index in [-0.39, 0.29) is 42.2 Å². The maximum atomic E-state index is 14.1. The van der Waals surface area contributed by atoms with Crippen LogP contribution >= 0.6 is 11.8 Å². The third-order valence-corrected chi connectivity index (χ3v) is 9.89. The first-order valence-electron chi connectivity index (χ1n) is 13.1. The van der Waals surface area contributed by atoms with Gasteiger partial charge < -0.3 is 19.6 Å². The van der Waals surface area contributed by atoms with E-state index >= 15 is 0 Å². The Bertz CT molecular complexity index is 804. The molecule has 1 N–H and O–H groups in total. The van der Waals surface area contributed by atoms with Crippen molar-refractivity contribution in [3.63, 3.8) is 0 Å². The average molecular weight is 507 g/mol. The number of carbonyl (C=O) groups is 3. The molecule has 2 bridgehead atoms. The summed E-state index contributed by atoms with van der Waals surface area (Å²) in [6.07, 6.45) is 8.84. The van der Waals surface area contributed by atoms with Crippen molar-refractivity contribution in [2.45, 2.75) is 74.8 Å². The molecule has 1 spiro atoms. The lowest BCUT2D eigenvalue weighted by atomic mass is 9.66. The second kappa shape index (κ2) is 12.4. The van der Waals surface area contributed by atoms with Crippen LogP contribution in [-0.4, -0.2) is 81.6 Å². The summed E-state index contributed by atoms with van der Waals surface area (Å²) in [4.78, 5) is 44.9. The Morgan fingerprint density at radius 1 is 1.26 bits per heavy atom. The molecule has 7 nitrogen and oxygen atoms in total. The van der Waals surface area contributed by atoms with Gasteiger partial charge in [-0.3, -0.25) is 14.4 Å². The molecule has 0 aliphatic carbocycles. The van der Waals surface area contributed by atoms with Crippen LogP contribution in [-0.2, 0) is 19.1 Å². The van der Waals surface area contributed by atoms with Crippen molar-refractivity contribution < 1.29 is 24.2 Å². The maximum absolute atomic E-state index is 14.1. The van der Waals surface area contributed by atoms with Crippen LogP contribution in [0.5, 0.6) is 0 Å². The number of aliphatic hydroxyl groups excluding tert-OH is 1. The molecule has 3 aliphatic rings. The van der Waals surface area contributed by atoms with Gasteiger partial charge >= 0.3 is 5.97 Å². The molecule has 3 rings (SSSR count). The Kier molecular flexibility index (Phi) is 9.87. The monoisotopic (exact) mass is 506 g/mol. The molecule has 0 radical (unpaired) electrons. The predicted molar refractivity (Wildman–Crippen MR) is 139 cm³/mol. The first-order chi connectivity index (χ1) is 16.9. The number of fused-ring (bicyclic) bond motifs is 1. The zero-order valence-electron chi connectivity index (χ0n) is 21.3. The highest BCUT2D eigenvalue weighted by atomic mass is 32.2. The fraction of sp³-hybridized carbons (Fsp3) is 0.741. The van der Waals surface area contributed by atoms with Gasteiger partial charge in [0.25, 0.3) is 0 Å². The predicted octanol–water partition coefficient (Wildman–Crippen LogP) is 3.42. The average Bonchev–Trinajstić information content (AvgIpc) is 3.43. The van der Waals surface area contributed by atoms with E-state index in [4.69, 9.17) is 4.74 Å². The van der Waals surface area contributed by atoms with Crippen molar-refractivity contribution in [1.82, 2.24) is 9.80 Å². The number of rotatable bonds is 15. The Morgan fingerprint density at radius 2 is 2.03 bits per heavy atom. The van der Waals surface area contributed by atoms with Crippen molar-refractivity contribution in [3.8, 4) is 0 Å². The summed E-state index contributed by atoms with van der Waals surface area (Å²) < 4.78 is 4.94. The molecule has 0 saturated carbocycles. The van der Waals surface area contributed by atoms with E-state index in [9.17, 15) is 19.5 Å². The summed E-state index contributed by atoms with van der Waals surface area (Å²) in [7, 11) is 0. The molecule has 3 fully saturated rings. The molecular weight excluding hydrogens is 464 g/mol. The first-order valence-corrected chi connectivity index (χ1v) is 14.0. The summed E-state index contributed by atoms with van der Waals surface area (Å²) in [5.41, 5.74) is 0. The van der Waals surface area contributed by atoms with E-state index in [2.05, 4.69) is 27.0 Å². The highest BCUT2D eigenvalue weighted by Gasteiger charge is 2.76. The van der Waals surface area contributed by atoms with Crippen LogP contribution in [0.2, 0.25) is 0 Å². The van der Waals surface area contributed by atoms with Crippen molar-refractivity contribution in [3.05, 3.63) is 25.3 Å². The number of hydrogen-bond donors (Lipinski definition) is 1. The minimum absolute atomic E-state index is 0.00878. The van der Waals surface area contributed by atoms with Crippen molar-refractivity contribution in [1.29, 1.82) is 0 Å². The van der Waals surface area contributed by atoms with Crippen LogP contribution in [0.3, 0.4) is 0 Å². The zero-order chi connectivity index (χ0) is 25.6. The molecule has 8 heteroatoms. The maximum Gasteiger partial charge on any atom is 0.310 e. The Morgan fingerprint density at radius 3 is 2.69 bits per heavy atom. The van der Waals surface area contributed by atoms with E-state index in [1.165, 1.54) is 0 Å². The second-order valence-corrected chi connectivity index (χ2v) is 11.6. The first kappa shape index (κ1) is 27.8. The molecule has 3 saturated heterocycles. The Labute approximate surface area is 214 Å². The van der Waals surface area contributed by atoms with Crippen molar-refractivity contribution in [2.75, 3.05) is 32.8 Å². The van der Waals surface area contributed by atoms with Gasteiger partial charge in [-0.15, -0.1) is 24.9 Å². The van der Waals surface area contributed by atoms with Crippen LogP contribution in [0, 0.1) is 17.8 Å². The molecule has 0 aromatic rings. The largest absolute Gasteiger partial charge is 0.465 e. The van der Waals surface area contributed by atoms with Gasteiger partial charge in [-0.2, -0.15) is 0 Å². The highest BCUT2D eigenvalue weighted by molar-refractivity contribution is 8.02. The topological polar surface area (TPSA) is 87.1 Å². The zero-order valence-corrected chi connectivity index (χ0v) is 22.1. The molecule has 6 atom stereocenters. The van der Waals surface area contributed by atoms with E-state index in [0.717, 1.165) is 25.7 Å². The fourth-order valence-electron chi connectivity index (χ4n) is 6.19. The molecule has 3 unspecified atom stereocenters. The molecule has 2 amide bonds. The number of hydrogen-bond acceptors (Lipinski definition) is 6. The molecule has 35 heavy (non-hydrogen) atoms. The number of esters is 1. The van der Waals surface area contributed by atoms with Crippen LogP contribution in [0.25, 0.3) is 0 Å². The van der Waals surface area contributed by atoms with E-state index in [1.807, 2.05) is 4.90 Å². The number of aliphatic hydroxyl groups is 1. The minimum Gasteiger partial charge on any atom is -0.465 e. The van der Waals surface area contributed by atoms with Gasteiger partial charge in [-0.1, -0.05) is 32.4 Å². The minimum atomic E-state index is -0.621. The van der Waals surface area contributed by atoms with Crippen LogP contribution in [0.1, 0.15) is 58.8 Å².